The predicted octanol–water partition coefficient (Wildman–Crippen LogP) is 0.0299. The Bertz CT molecular complexity index is 460. The first-order valence-electron chi connectivity index (χ1n) is 6.97. The molecule has 0 bridgehead atoms. The van der Waals surface area contributed by atoms with Crippen molar-refractivity contribution in [3.8, 4) is 0 Å². The Morgan fingerprint density at radius 3 is 2.40 bits per heavy atom. The molecule has 2 atom stereocenters. The van der Waals surface area contributed by atoms with Crippen molar-refractivity contribution >= 4 is 12.6 Å². The van der Waals surface area contributed by atoms with Gasteiger partial charge in [0.1, 0.15) is 5.82 Å². The van der Waals surface area contributed by atoms with Gasteiger partial charge < -0.3 is 10.0 Å². The molecule has 1 aliphatic rings. The molecule has 1 aromatic carbocycles. The van der Waals surface area contributed by atoms with E-state index in [1.165, 1.54) is 12.1 Å². The van der Waals surface area contributed by atoms with Crippen LogP contribution >= 0.6 is 0 Å². The number of rotatable bonds is 3. The lowest BCUT2D eigenvalue weighted by Gasteiger charge is -2.42. The number of hydrogen-bond donors (Lipinski definition) is 2. The van der Waals surface area contributed by atoms with E-state index >= 15 is 0 Å². The van der Waals surface area contributed by atoms with E-state index in [1.54, 1.807) is 6.07 Å². The van der Waals surface area contributed by atoms with Crippen LogP contribution < -0.4 is 5.46 Å². The molecule has 1 aliphatic heterocycles. The van der Waals surface area contributed by atoms with Crippen molar-refractivity contribution in [1.82, 2.24) is 9.80 Å². The van der Waals surface area contributed by atoms with Crippen LogP contribution in [-0.2, 0) is 6.54 Å². The summed E-state index contributed by atoms with van der Waals surface area (Å²) in [5.74, 6) is -0.447. The number of piperazine rings is 1. The lowest BCUT2D eigenvalue weighted by atomic mass is 9.76. The van der Waals surface area contributed by atoms with Gasteiger partial charge in [-0.05, 0) is 44.1 Å². The Morgan fingerprint density at radius 2 is 1.85 bits per heavy atom. The molecule has 2 rings (SSSR count). The van der Waals surface area contributed by atoms with Gasteiger partial charge in [-0.25, -0.2) is 4.39 Å². The number of nitrogens with zero attached hydrogens (tertiary/aromatic N) is 2. The summed E-state index contributed by atoms with van der Waals surface area (Å²) in [5.41, 5.74) is 1.02. The Labute approximate surface area is 120 Å². The van der Waals surface area contributed by atoms with Crippen LogP contribution in [0.1, 0.15) is 19.4 Å². The lowest BCUT2D eigenvalue weighted by molar-refractivity contribution is 0.0557. The zero-order chi connectivity index (χ0) is 14.9. The van der Waals surface area contributed by atoms with Gasteiger partial charge in [-0.15, -0.1) is 0 Å². The first kappa shape index (κ1) is 15.4. The van der Waals surface area contributed by atoms with Gasteiger partial charge in [0.25, 0.3) is 0 Å². The van der Waals surface area contributed by atoms with E-state index in [0.29, 0.717) is 18.6 Å². The SMILES string of the molecule is CC1CN(Cc2ccc(F)cc2B(O)O)CC(C)N1C. The van der Waals surface area contributed by atoms with Gasteiger partial charge in [-0.1, -0.05) is 6.07 Å². The monoisotopic (exact) mass is 280 g/mol. The molecular formula is C14H22BFN2O2. The van der Waals surface area contributed by atoms with E-state index in [9.17, 15) is 14.4 Å². The second kappa shape index (κ2) is 6.22. The Kier molecular flexibility index (Phi) is 4.80. The summed E-state index contributed by atoms with van der Waals surface area (Å²) in [6.45, 7) is 6.79. The van der Waals surface area contributed by atoms with Crippen molar-refractivity contribution in [3.05, 3.63) is 29.6 Å². The maximum Gasteiger partial charge on any atom is 0.488 e. The zero-order valence-corrected chi connectivity index (χ0v) is 12.3. The average molecular weight is 280 g/mol. The van der Waals surface area contributed by atoms with E-state index in [1.807, 2.05) is 0 Å². The second-order valence-corrected chi connectivity index (χ2v) is 5.77. The van der Waals surface area contributed by atoms with Crippen LogP contribution in [-0.4, -0.2) is 59.2 Å². The van der Waals surface area contributed by atoms with Crippen molar-refractivity contribution in [3.63, 3.8) is 0 Å². The van der Waals surface area contributed by atoms with Gasteiger partial charge >= 0.3 is 7.12 Å². The van der Waals surface area contributed by atoms with Gasteiger partial charge in [-0.3, -0.25) is 9.80 Å². The van der Waals surface area contributed by atoms with Crippen molar-refractivity contribution in [2.24, 2.45) is 0 Å². The maximum atomic E-state index is 13.2. The molecule has 110 valence electrons. The molecule has 4 nitrogen and oxygen atoms in total. The van der Waals surface area contributed by atoms with E-state index < -0.39 is 12.9 Å². The summed E-state index contributed by atoms with van der Waals surface area (Å²) in [4.78, 5) is 4.61. The van der Waals surface area contributed by atoms with E-state index in [0.717, 1.165) is 18.7 Å². The molecule has 2 unspecified atom stereocenters. The van der Waals surface area contributed by atoms with Crippen molar-refractivity contribution < 1.29 is 14.4 Å². The van der Waals surface area contributed by atoms with Crippen LogP contribution in [0.3, 0.4) is 0 Å². The van der Waals surface area contributed by atoms with Crippen LogP contribution in [0.5, 0.6) is 0 Å². The molecule has 0 amide bonds. The Hall–Kier alpha value is -0.945. The number of likely N-dealkylation sites (N-methyl/N-ethyl adjacent to an activating group) is 1. The molecule has 0 spiro atoms. The highest BCUT2D eigenvalue weighted by Gasteiger charge is 2.27. The van der Waals surface area contributed by atoms with Crippen LogP contribution in [0.4, 0.5) is 4.39 Å². The quantitative estimate of drug-likeness (QED) is 0.767. The van der Waals surface area contributed by atoms with Gasteiger partial charge in [0.2, 0.25) is 0 Å². The summed E-state index contributed by atoms with van der Waals surface area (Å²) in [6, 6.07) is 5.09. The summed E-state index contributed by atoms with van der Waals surface area (Å²) < 4.78 is 13.2. The third kappa shape index (κ3) is 3.38. The summed E-state index contributed by atoms with van der Waals surface area (Å²) in [5, 5.41) is 18.7. The smallest absolute Gasteiger partial charge is 0.423 e. The van der Waals surface area contributed by atoms with Gasteiger partial charge in [-0.2, -0.15) is 0 Å². The fourth-order valence-electron chi connectivity index (χ4n) is 2.83. The maximum absolute atomic E-state index is 13.2. The van der Waals surface area contributed by atoms with Crippen LogP contribution in [0.25, 0.3) is 0 Å². The highest BCUT2D eigenvalue weighted by molar-refractivity contribution is 6.59. The number of hydrogen-bond acceptors (Lipinski definition) is 4. The lowest BCUT2D eigenvalue weighted by Crippen LogP contribution is -2.54. The molecule has 0 saturated carbocycles. The molecule has 0 aromatic heterocycles. The summed E-state index contributed by atoms with van der Waals surface area (Å²) in [7, 11) is 0.482. The number of benzene rings is 1. The number of halogens is 1. The predicted molar refractivity (Wildman–Crippen MR) is 78.2 cm³/mol. The molecule has 0 aliphatic carbocycles. The molecule has 0 radical (unpaired) electrons. The molecular weight excluding hydrogens is 258 g/mol. The van der Waals surface area contributed by atoms with Crippen LogP contribution in [0.2, 0.25) is 0 Å². The van der Waals surface area contributed by atoms with Crippen molar-refractivity contribution in [2.75, 3.05) is 20.1 Å². The topological polar surface area (TPSA) is 46.9 Å². The second-order valence-electron chi connectivity index (χ2n) is 5.77. The molecule has 6 heteroatoms. The Morgan fingerprint density at radius 1 is 1.25 bits per heavy atom. The summed E-state index contributed by atoms with van der Waals surface area (Å²) in [6.07, 6.45) is 0. The van der Waals surface area contributed by atoms with Crippen LogP contribution in [0.15, 0.2) is 18.2 Å². The average Bonchev–Trinajstić information content (AvgIpc) is 2.37. The fourth-order valence-corrected chi connectivity index (χ4v) is 2.83. The molecule has 1 aromatic rings. The highest BCUT2D eigenvalue weighted by Crippen LogP contribution is 2.16. The normalized spacial score (nSPS) is 24.9. The molecule has 1 heterocycles. The third-order valence-electron chi connectivity index (χ3n) is 4.22. The third-order valence-corrected chi connectivity index (χ3v) is 4.22. The Balaban J connectivity index is 2.14. The first-order valence-corrected chi connectivity index (χ1v) is 6.97. The molecule has 2 N–H and O–H groups in total. The van der Waals surface area contributed by atoms with Gasteiger partial charge in [0.15, 0.2) is 0 Å². The first-order chi connectivity index (χ1) is 9.38. The highest BCUT2D eigenvalue weighted by atomic mass is 19.1. The standard InChI is InChI=1S/C14H22BFN2O2/c1-10-7-18(8-11(2)17(10)3)9-12-4-5-13(16)6-14(12)15(19)20/h4-6,10-11,19-20H,7-9H2,1-3H3. The molecule has 1 fully saturated rings. The van der Waals surface area contributed by atoms with Gasteiger partial charge in [0.05, 0.1) is 0 Å². The summed E-state index contributed by atoms with van der Waals surface area (Å²) >= 11 is 0. The van der Waals surface area contributed by atoms with E-state index in [4.69, 9.17) is 0 Å². The largest absolute Gasteiger partial charge is 0.488 e. The molecule has 1 saturated heterocycles. The van der Waals surface area contributed by atoms with Gasteiger partial charge in [0, 0.05) is 31.7 Å². The van der Waals surface area contributed by atoms with Crippen molar-refractivity contribution in [2.45, 2.75) is 32.5 Å². The molecule has 20 heavy (non-hydrogen) atoms. The van der Waals surface area contributed by atoms with E-state index in [-0.39, 0.29) is 5.46 Å². The van der Waals surface area contributed by atoms with Crippen LogP contribution in [0, 0.1) is 5.82 Å². The minimum absolute atomic E-state index is 0.254. The minimum Gasteiger partial charge on any atom is -0.423 e. The minimum atomic E-state index is -1.64. The zero-order valence-electron chi connectivity index (χ0n) is 12.3. The fraction of sp³-hybridized carbons (Fsp3) is 0.571. The van der Waals surface area contributed by atoms with Crippen molar-refractivity contribution in [1.29, 1.82) is 0 Å². The van der Waals surface area contributed by atoms with E-state index in [2.05, 4.69) is 30.7 Å².